The zero-order valence-electron chi connectivity index (χ0n) is 12.4. The third kappa shape index (κ3) is 3.41. The summed E-state index contributed by atoms with van der Waals surface area (Å²) in [5.41, 5.74) is 2.42. The first-order valence-electron chi connectivity index (χ1n) is 7.00. The molecule has 0 aliphatic heterocycles. The van der Waals surface area contributed by atoms with Crippen molar-refractivity contribution in [1.29, 1.82) is 0 Å². The topological polar surface area (TPSA) is 56.3 Å². The van der Waals surface area contributed by atoms with Crippen molar-refractivity contribution in [3.05, 3.63) is 64.3 Å². The number of aromatic nitrogens is 1. The van der Waals surface area contributed by atoms with Crippen molar-refractivity contribution in [1.82, 2.24) is 9.88 Å². The summed E-state index contributed by atoms with van der Waals surface area (Å²) in [6.07, 6.45) is 3.52. The predicted octanol–water partition coefficient (Wildman–Crippen LogP) is 4.37. The average molecular weight is 347 g/mol. The number of phenolic OH excluding ortho intramolecular Hbond substituents is 1. The molecule has 1 aromatic carbocycles. The highest BCUT2D eigenvalue weighted by atomic mass is 35.5. The SMILES string of the molecule is CN(Cc1ccc(O)cc1)C(=O)c1c[nH]cc1-c1ccc(Cl)s1. The first-order valence-corrected chi connectivity index (χ1v) is 8.20. The lowest BCUT2D eigenvalue weighted by atomic mass is 10.1. The molecule has 0 saturated carbocycles. The van der Waals surface area contributed by atoms with Crippen LogP contribution in [-0.4, -0.2) is 27.9 Å². The molecule has 1 amide bonds. The van der Waals surface area contributed by atoms with E-state index in [2.05, 4.69) is 4.98 Å². The molecule has 3 aromatic rings. The maximum atomic E-state index is 12.7. The van der Waals surface area contributed by atoms with Crippen LogP contribution in [0.5, 0.6) is 5.75 Å². The van der Waals surface area contributed by atoms with Crippen LogP contribution in [-0.2, 0) is 6.54 Å². The minimum absolute atomic E-state index is 0.0705. The second-order valence-electron chi connectivity index (χ2n) is 5.21. The molecule has 0 atom stereocenters. The summed E-state index contributed by atoms with van der Waals surface area (Å²) in [7, 11) is 1.76. The number of hydrogen-bond donors (Lipinski definition) is 2. The molecule has 0 spiro atoms. The maximum Gasteiger partial charge on any atom is 0.256 e. The Kier molecular flexibility index (Phi) is 4.41. The van der Waals surface area contributed by atoms with Gasteiger partial charge in [-0.15, -0.1) is 11.3 Å². The minimum atomic E-state index is -0.0705. The van der Waals surface area contributed by atoms with Gasteiger partial charge in [-0.2, -0.15) is 0 Å². The van der Waals surface area contributed by atoms with Gasteiger partial charge in [-0.05, 0) is 29.8 Å². The summed E-state index contributed by atoms with van der Waals surface area (Å²) in [5.74, 6) is 0.143. The van der Waals surface area contributed by atoms with Gasteiger partial charge < -0.3 is 15.0 Å². The van der Waals surface area contributed by atoms with Gasteiger partial charge in [-0.3, -0.25) is 4.79 Å². The molecule has 4 nitrogen and oxygen atoms in total. The molecule has 0 saturated heterocycles. The summed E-state index contributed by atoms with van der Waals surface area (Å²) in [6.45, 7) is 0.467. The largest absolute Gasteiger partial charge is 0.508 e. The number of carbonyl (C=O) groups excluding carboxylic acids is 1. The van der Waals surface area contributed by atoms with E-state index in [4.69, 9.17) is 11.6 Å². The number of rotatable bonds is 4. The highest BCUT2D eigenvalue weighted by Crippen LogP contribution is 2.33. The third-order valence-electron chi connectivity index (χ3n) is 3.52. The van der Waals surface area contributed by atoms with Gasteiger partial charge in [-0.25, -0.2) is 0 Å². The van der Waals surface area contributed by atoms with E-state index in [1.165, 1.54) is 11.3 Å². The normalized spacial score (nSPS) is 10.7. The maximum absolute atomic E-state index is 12.7. The van der Waals surface area contributed by atoms with Crippen molar-refractivity contribution >= 4 is 28.8 Å². The molecule has 118 valence electrons. The van der Waals surface area contributed by atoms with Crippen LogP contribution < -0.4 is 0 Å². The number of nitrogens with zero attached hydrogens (tertiary/aromatic N) is 1. The number of H-pyrrole nitrogens is 1. The van der Waals surface area contributed by atoms with Gasteiger partial charge in [0.1, 0.15) is 5.75 Å². The van der Waals surface area contributed by atoms with Gasteiger partial charge in [0, 0.05) is 36.4 Å². The molecule has 0 bridgehead atoms. The Morgan fingerprint density at radius 3 is 2.61 bits per heavy atom. The van der Waals surface area contributed by atoms with E-state index < -0.39 is 0 Å². The van der Waals surface area contributed by atoms with Crippen molar-refractivity contribution in [3.8, 4) is 16.2 Å². The summed E-state index contributed by atoms with van der Waals surface area (Å²) >= 11 is 7.43. The first-order chi connectivity index (χ1) is 11.0. The molecule has 6 heteroatoms. The van der Waals surface area contributed by atoms with Gasteiger partial charge >= 0.3 is 0 Å². The molecular formula is C17H15ClN2O2S. The van der Waals surface area contributed by atoms with E-state index in [1.807, 2.05) is 18.3 Å². The van der Waals surface area contributed by atoms with E-state index in [1.54, 1.807) is 42.4 Å². The van der Waals surface area contributed by atoms with Crippen LogP contribution in [0.4, 0.5) is 0 Å². The Morgan fingerprint density at radius 2 is 1.96 bits per heavy atom. The average Bonchev–Trinajstić information content (AvgIpc) is 3.17. The number of aromatic hydroxyl groups is 1. The van der Waals surface area contributed by atoms with E-state index in [0.717, 1.165) is 16.0 Å². The molecule has 2 aromatic heterocycles. The fraction of sp³-hybridized carbons (Fsp3) is 0.118. The number of nitrogens with one attached hydrogen (secondary N) is 1. The number of aromatic amines is 1. The number of carbonyl (C=O) groups is 1. The Morgan fingerprint density at radius 1 is 1.22 bits per heavy atom. The number of hydrogen-bond acceptors (Lipinski definition) is 3. The van der Waals surface area contributed by atoms with Gasteiger partial charge in [-0.1, -0.05) is 23.7 Å². The van der Waals surface area contributed by atoms with Crippen molar-refractivity contribution in [3.63, 3.8) is 0 Å². The van der Waals surface area contributed by atoms with Crippen molar-refractivity contribution in [2.45, 2.75) is 6.54 Å². The fourth-order valence-corrected chi connectivity index (χ4v) is 3.43. The molecule has 3 rings (SSSR count). The molecule has 0 aliphatic carbocycles. The highest BCUT2D eigenvalue weighted by molar-refractivity contribution is 7.19. The number of amides is 1. The summed E-state index contributed by atoms with van der Waals surface area (Å²) in [6, 6.07) is 10.6. The van der Waals surface area contributed by atoms with Crippen LogP contribution in [0.15, 0.2) is 48.8 Å². The number of thiophene rings is 1. The molecule has 0 radical (unpaired) electrons. The van der Waals surface area contributed by atoms with Crippen molar-refractivity contribution in [2.24, 2.45) is 0 Å². The van der Waals surface area contributed by atoms with Crippen LogP contribution >= 0.6 is 22.9 Å². The van der Waals surface area contributed by atoms with Gasteiger partial charge in [0.2, 0.25) is 0 Å². The Labute approximate surface area is 143 Å². The van der Waals surface area contributed by atoms with Gasteiger partial charge in [0.05, 0.1) is 9.90 Å². The Balaban J connectivity index is 1.80. The standard InChI is InChI=1S/C17H15ClN2O2S/c1-20(10-11-2-4-12(21)5-3-11)17(22)14-9-19-8-13(14)15-6-7-16(18)23-15/h2-9,19,21H,10H2,1H3. The van der Waals surface area contributed by atoms with Crippen LogP contribution in [0.25, 0.3) is 10.4 Å². The number of phenols is 1. The fourth-order valence-electron chi connectivity index (χ4n) is 2.36. The summed E-state index contributed by atoms with van der Waals surface area (Å²) < 4.78 is 0.692. The lowest BCUT2D eigenvalue weighted by Crippen LogP contribution is -2.26. The van der Waals surface area contributed by atoms with E-state index in [-0.39, 0.29) is 11.7 Å². The first kappa shape index (κ1) is 15.6. The summed E-state index contributed by atoms with van der Waals surface area (Å²) in [4.78, 5) is 18.3. The molecule has 0 unspecified atom stereocenters. The number of halogens is 1. The zero-order chi connectivity index (χ0) is 16.4. The molecule has 2 heterocycles. The number of benzene rings is 1. The molecule has 23 heavy (non-hydrogen) atoms. The van der Waals surface area contributed by atoms with E-state index >= 15 is 0 Å². The lowest BCUT2D eigenvalue weighted by molar-refractivity contribution is 0.0786. The van der Waals surface area contributed by atoms with E-state index in [0.29, 0.717) is 16.4 Å². The predicted molar refractivity (Wildman–Crippen MR) is 93.0 cm³/mol. The highest BCUT2D eigenvalue weighted by Gasteiger charge is 2.19. The quantitative estimate of drug-likeness (QED) is 0.736. The van der Waals surface area contributed by atoms with Gasteiger partial charge in [0.15, 0.2) is 0 Å². The van der Waals surface area contributed by atoms with Crippen molar-refractivity contribution in [2.75, 3.05) is 7.05 Å². The third-order valence-corrected chi connectivity index (χ3v) is 4.78. The van der Waals surface area contributed by atoms with Crippen molar-refractivity contribution < 1.29 is 9.90 Å². The monoisotopic (exact) mass is 346 g/mol. The second kappa shape index (κ2) is 6.48. The molecule has 0 fully saturated rings. The summed E-state index contributed by atoms with van der Waals surface area (Å²) in [5, 5.41) is 9.32. The van der Waals surface area contributed by atoms with E-state index in [9.17, 15) is 9.90 Å². The zero-order valence-corrected chi connectivity index (χ0v) is 14.0. The lowest BCUT2D eigenvalue weighted by Gasteiger charge is -2.17. The van der Waals surface area contributed by atoms with Crippen LogP contribution in [0, 0.1) is 0 Å². The van der Waals surface area contributed by atoms with Crippen LogP contribution in [0.2, 0.25) is 4.34 Å². The molecular weight excluding hydrogens is 332 g/mol. The second-order valence-corrected chi connectivity index (χ2v) is 6.93. The van der Waals surface area contributed by atoms with Gasteiger partial charge in [0.25, 0.3) is 5.91 Å². The van der Waals surface area contributed by atoms with Crippen LogP contribution in [0.1, 0.15) is 15.9 Å². The smallest absolute Gasteiger partial charge is 0.256 e. The van der Waals surface area contributed by atoms with Crippen LogP contribution in [0.3, 0.4) is 0 Å². The minimum Gasteiger partial charge on any atom is -0.508 e. The Bertz CT molecular complexity index is 823. The Hall–Kier alpha value is -2.24. The molecule has 2 N–H and O–H groups in total. The molecule has 0 aliphatic rings.